The van der Waals surface area contributed by atoms with E-state index < -0.39 is 0 Å². The Kier molecular flexibility index (Phi) is 15.4. The SMILES string of the molecule is CC.CC.CC1CCCN(C)C1.Cn1ccnc1. The average molecular weight is 255 g/mol. The van der Waals surface area contributed by atoms with Gasteiger partial charge in [0.25, 0.3) is 0 Å². The van der Waals surface area contributed by atoms with Gasteiger partial charge in [-0.15, -0.1) is 0 Å². The molecule has 18 heavy (non-hydrogen) atoms. The molecule has 2 rings (SSSR count). The van der Waals surface area contributed by atoms with E-state index in [0.29, 0.717) is 0 Å². The van der Waals surface area contributed by atoms with Gasteiger partial charge in [-0.3, -0.25) is 0 Å². The molecule has 1 aromatic heterocycles. The molecule has 3 nitrogen and oxygen atoms in total. The van der Waals surface area contributed by atoms with E-state index in [1.54, 1.807) is 12.5 Å². The van der Waals surface area contributed by atoms with E-state index in [2.05, 4.69) is 23.9 Å². The van der Waals surface area contributed by atoms with Gasteiger partial charge >= 0.3 is 0 Å². The summed E-state index contributed by atoms with van der Waals surface area (Å²) in [5.74, 6) is 0.939. The molecule has 1 aliphatic rings. The number of piperidine rings is 1. The molecular weight excluding hydrogens is 222 g/mol. The minimum absolute atomic E-state index is 0.939. The molecule has 3 heteroatoms. The molecule has 0 bridgehead atoms. The average Bonchev–Trinajstić information content (AvgIpc) is 2.86. The second-order valence-corrected chi connectivity index (χ2v) is 4.24. The first-order valence-electron chi connectivity index (χ1n) is 7.29. The summed E-state index contributed by atoms with van der Waals surface area (Å²) in [7, 11) is 4.14. The Morgan fingerprint density at radius 2 is 1.72 bits per heavy atom. The predicted octanol–water partition coefficient (Wildman–Crippen LogP) is 3.82. The monoisotopic (exact) mass is 255 g/mol. The van der Waals surface area contributed by atoms with Gasteiger partial charge in [-0.25, -0.2) is 4.98 Å². The highest BCUT2D eigenvalue weighted by Crippen LogP contribution is 2.12. The molecule has 0 saturated carbocycles. The molecular formula is C15H33N3. The number of likely N-dealkylation sites (tertiary alicyclic amines) is 1. The lowest BCUT2D eigenvalue weighted by Gasteiger charge is -2.26. The summed E-state index contributed by atoms with van der Waals surface area (Å²) in [4.78, 5) is 6.20. The zero-order chi connectivity index (χ0) is 14.4. The molecule has 1 fully saturated rings. The van der Waals surface area contributed by atoms with Gasteiger partial charge in [0.05, 0.1) is 6.33 Å². The minimum atomic E-state index is 0.939. The quantitative estimate of drug-likeness (QED) is 0.702. The molecule has 1 saturated heterocycles. The number of aromatic nitrogens is 2. The summed E-state index contributed by atoms with van der Waals surface area (Å²) in [6, 6.07) is 0. The molecule has 1 unspecified atom stereocenters. The smallest absolute Gasteiger partial charge is 0.0943 e. The third-order valence-electron chi connectivity index (χ3n) is 2.50. The van der Waals surface area contributed by atoms with E-state index in [1.165, 1.54) is 25.9 Å². The maximum Gasteiger partial charge on any atom is 0.0943 e. The fourth-order valence-electron chi connectivity index (χ4n) is 1.75. The van der Waals surface area contributed by atoms with Gasteiger partial charge in [-0.1, -0.05) is 34.6 Å². The van der Waals surface area contributed by atoms with Crippen LogP contribution in [0.3, 0.4) is 0 Å². The predicted molar refractivity (Wildman–Crippen MR) is 81.8 cm³/mol. The van der Waals surface area contributed by atoms with Crippen molar-refractivity contribution in [3.8, 4) is 0 Å². The molecule has 1 aromatic rings. The van der Waals surface area contributed by atoms with Crippen molar-refractivity contribution in [3.05, 3.63) is 18.7 Å². The molecule has 0 radical (unpaired) electrons. The summed E-state index contributed by atoms with van der Waals surface area (Å²) in [5, 5.41) is 0. The first kappa shape index (κ1) is 19.5. The van der Waals surface area contributed by atoms with E-state index >= 15 is 0 Å². The van der Waals surface area contributed by atoms with Crippen molar-refractivity contribution >= 4 is 0 Å². The lowest BCUT2D eigenvalue weighted by atomic mass is 10.0. The van der Waals surface area contributed by atoms with Crippen LogP contribution in [0, 0.1) is 5.92 Å². The molecule has 1 atom stereocenters. The van der Waals surface area contributed by atoms with Crippen LogP contribution in [-0.2, 0) is 7.05 Å². The van der Waals surface area contributed by atoms with Gasteiger partial charge in [0.1, 0.15) is 0 Å². The first-order chi connectivity index (χ1) is 8.68. The van der Waals surface area contributed by atoms with Crippen LogP contribution in [0.2, 0.25) is 0 Å². The summed E-state index contributed by atoms with van der Waals surface area (Å²) in [5.41, 5.74) is 0. The zero-order valence-corrected chi connectivity index (χ0v) is 13.5. The van der Waals surface area contributed by atoms with Crippen LogP contribution < -0.4 is 0 Å². The van der Waals surface area contributed by atoms with Crippen molar-refractivity contribution in [2.24, 2.45) is 13.0 Å². The van der Waals surface area contributed by atoms with Gasteiger partial charge < -0.3 is 9.47 Å². The van der Waals surface area contributed by atoms with Gasteiger partial charge in [-0.05, 0) is 32.4 Å². The van der Waals surface area contributed by atoms with Crippen LogP contribution in [0.25, 0.3) is 0 Å². The first-order valence-corrected chi connectivity index (χ1v) is 7.29. The van der Waals surface area contributed by atoms with E-state index in [-0.39, 0.29) is 0 Å². The fourth-order valence-corrected chi connectivity index (χ4v) is 1.75. The number of rotatable bonds is 0. The molecule has 0 N–H and O–H groups in total. The topological polar surface area (TPSA) is 21.1 Å². The maximum absolute atomic E-state index is 3.78. The van der Waals surface area contributed by atoms with Crippen LogP contribution in [0.5, 0.6) is 0 Å². The van der Waals surface area contributed by atoms with Gasteiger partial charge in [-0.2, -0.15) is 0 Å². The van der Waals surface area contributed by atoms with Crippen molar-refractivity contribution in [2.45, 2.75) is 47.5 Å². The Morgan fingerprint density at radius 3 is 1.94 bits per heavy atom. The van der Waals surface area contributed by atoms with Crippen molar-refractivity contribution < 1.29 is 0 Å². The summed E-state index contributed by atoms with van der Waals surface area (Å²) in [6.07, 6.45) is 8.22. The second kappa shape index (κ2) is 14.2. The van der Waals surface area contributed by atoms with Crippen molar-refractivity contribution in [2.75, 3.05) is 20.1 Å². The number of aryl methyl sites for hydroxylation is 1. The number of hydrogen-bond acceptors (Lipinski definition) is 2. The lowest BCUT2D eigenvalue weighted by Crippen LogP contribution is -2.30. The van der Waals surface area contributed by atoms with Crippen LogP contribution >= 0.6 is 0 Å². The Hall–Kier alpha value is -0.830. The van der Waals surface area contributed by atoms with Crippen LogP contribution in [-0.4, -0.2) is 34.6 Å². The normalized spacial score (nSPS) is 18.3. The molecule has 108 valence electrons. The Labute approximate surface area is 114 Å². The number of nitrogens with zero attached hydrogens (tertiary/aromatic N) is 3. The Bertz CT molecular complexity index is 224. The summed E-state index contributed by atoms with van der Waals surface area (Å²) >= 11 is 0. The summed E-state index contributed by atoms with van der Waals surface area (Å²) < 4.78 is 1.89. The third-order valence-corrected chi connectivity index (χ3v) is 2.50. The molecule has 2 heterocycles. The lowest BCUT2D eigenvalue weighted by molar-refractivity contribution is 0.221. The minimum Gasteiger partial charge on any atom is -0.341 e. The zero-order valence-electron chi connectivity index (χ0n) is 13.5. The standard InChI is InChI=1S/C7H15N.C4H6N2.2C2H6/c1-7-4-3-5-8(2)6-7;1-6-3-2-5-4-6;2*1-2/h7H,3-6H2,1-2H3;2-4H,1H3;2*1-2H3. The van der Waals surface area contributed by atoms with Crippen molar-refractivity contribution in [1.29, 1.82) is 0 Å². The second-order valence-electron chi connectivity index (χ2n) is 4.24. The maximum atomic E-state index is 3.78. The molecule has 0 aromatic carbocycles. The van der Waals surface area contributed by atoms with E-state index in [4.69, 9.17) is 0 Å². The molecule has 0 amide bonds. The third kappa shape index (κ3) is 11.6. The van der Waals surface area contributed by atoms with Gasteiger partial charge in [0.2, 0.25) is 0 Å². The molecule has 0 spiro atoms. The highest BCUT2D eigenvalue weighted by Gasteiger charge is 2.11. The van der Waals surface area contributed by atoms with Crippen molar-refractivity contribution in [3.63, 3.8) is 0 Å². The largest absolute Gasteiger partial charge is 0.341 e. The number of imidazole rings is 1. The van der Waals surface area contributed by atoms with Gasteiger partial charge in [0, 0.05) is 26.0 Å². The van der Waals surface area contributed by atoms with E-state index in [9.17, 15) is 0 Å². The highest BCUT2D eigenvalue weighted by molar-refractivity contribution is 4.70. The Balaban J connectivity index is 0. The van der Waals surface area contributed by atoms with Crippen molar-refractivity contribution in [1.82, 2.24) is 14.5 Å². The molecule has 1 aliphatic heterocycles. The Morgan fingerprint density at radius 1 is 1.11 bits per heavy atom. The van der Waals surface area contributed by atoms with Crippen LogP contribution in [0.1, 0.15) is 47.5 Å². The van der Waals surface area contributed by atoms with E-state index in [0.717, 1.165) is 5.92 Å². The highest BCUT2D eigenvalue weighted by atomic mass is 15.1. The number of hydrogen-bond donors (Lipinski definition) is 0. The molecule has 0 aliphatic carbocycles. The van der Waals surface area contributed by atoms with Gasteiger partial charge in [0.15, 0.2) is 0 Å². The van der Waals surface area contributed by atoms with Crippen LogP contribution in [0.4, 0.5) is 0 Å². The summed E-state index contributed by atoms with van der Waals surface area (Å²) in [6.45, 7) is 12.9. The fraction of sp³-hybridized carbons (Fsp3) is 0.800. The van der Waals surface area contributed by atoms with Crippen LogP contribution in [0.15, 0.2) is 18.7 Å². The van der Waals surface area contributed by atoms with E-state index in [1.807, 2.05) is 45.5 Å².